The number of nitrogens with zero attached hydrogens (tertiary/aromatic N) is 3. The smallest absolute Gasteiger partial charge is 0.293 e. The predicted octanol–water partition coefficient (Wildman–Crippen LogP) is 5.32. The zero-order valence-electron chi connectivity index (χ0n) is 18.9. The predicted molar refractivity (Wildman–Crippen MR) is 129 cm³/mol. The van der Waals surface area contributed by atoms with Gasteiger partial charge >= 0.3 is 0 Å². The number of amides is 1. The van der Waals surface area contributed by atoms with Crippen molar-refractivity contribution < 1.29 is 9.72 Å². The molecule has 2 saturated heterocycles. The SMILES string of the molecule is CC1CCN(c2ccc(NC(=O)c3ccc(N4CCC(C)CC4)c([N+](=O)[O-])c3)cc2)CC1. The van der Waals surface area contributed by atoms with E-state index in [4.69, 9.17) is 0 Å². The average molecular weight is 437 g/mol. The van der Waals surface area contributed by atoms with Crippen molar-refractivity contribution in [3.8, 4) is 0 Å². The van der Waals surface area contributed by atoms with Crippen molar-refractivity contribution in [2.45, 2.75) is 39.5 Å². The molecular weight excluding hydrogens is 404 g/mol. The van der Waals surface area contributed by atoms with E-state index in [1.807, 2.05) is 24.3 Å². The highest BCUT2D eigenvalue weighted by molar-refractivity contribution is 6.05. The molecule has 32 heavy (non-hydrogen) atoms. The summed E-state index contributed by atoms with van der Waals surface area (Å²) < 4.78 is 0. The average Bonchev–Trinajstić information content (AvgIpc) is 2.80. The molecule has 0 atom stereocenters. The van der Waals surface area contributed by atoms with Gasteiger partial charge in [0.2, 0.25) is 0 Å². The van der Waals surface area contributed by atoms with E-state index >= 15 is 0 Å². The van der Waals surface area contributed by atoms with Crippen LogP contribution in [-0.4, -0.2) is 37.0 Å². The van der Waals surface area contributed by atoms with Crippen LogP contribution >= 0.6 is 0 Å². The third-order valence-electron chi connectivity index (χ3n) is 6.83. The fraction of sp³-hybridized carbons (Fsp3) is 0.480. The van der Waals surface area contributed by atoms with Crippen molar-refractivity contribution in [2.75, 3.05) is 41.3 Å². The largest absolute Gasteiger partial charge is 0.372 e. The van der Waals surface area contributed by atoms with Gasteiger partial charge in [-0.1, -0.05) is 13.8 Å². The number of nitrogens with one attached hydrogen (secondary N) is 1. The van der Waals surface area contributed by atoms with E-state index in [2.05, 4.69) is 29.0 Å². The number of hydrogen-bond acceptors (Lipinski definition) is 5. The maximum Gasteiger partial charge on any atom is 0.293 e. The van der Waals surface area contributed by atoms with Crippen LogP contribution in [0.3, 0.4) is 0 Å². The van der Waals surface area contributed by atoms with Crippen LogP contribution in [-0.2, 0) is 0 Å². The summed E-state index contributed by atoms with van der Waals surface area (Å²) in [5, 5.41) is 14.6. The Morgan fingerprint density at radius 1 is 0.906 bits per heavy atom. The third kappa shape index (κ3) is 5.03. The molecular formula is C25H32N4O3. The molecule has 2 fully saturated rings. The first-order chi connectivity index (χ1) is 15.4. The minimum absolute atomic E-state index is 0.0122. The Morgan fingerprint density at radius 3 is 2.03 bits per heavy atom. The molecule has 2 heterocycles. The number of nitro groups is 1. The number of rotatable bonds is 5. The van der Waals surface area contributed by atoms with Gasteiger partial charge in [0, 0.05) is 49.2 Å². The molecule has 1 amide bonds. The van der Waals surface area contributed by atoms with Crippen molar-refractivity contribution in [1.82, 2.24) is 0 Å². The van der Waals surface area contributed by atoms with Crippen LogP contribution in [0.1, 0.15) is 49.9 Å². The van der Waals surface area contributed by atoms with E-state index in [0.29, 0.717) is 22.9 Å². The van der Waals surface area contributed by atoms with Gasteiger partial charge in [-0.05, 0) is 73.9 Å². The molecule has 0 radical (unpaired) electrons. The molecule has 2 aliphatic heterocycles. The van der Waals surface area contributed by atoms with Crippen molar-refractivity contribution in [1.29, 1.82) is 0 Å². The summed E-state index contributed by atoms with van der Waals surface area (Å²) in [5.41, 5.74) is 2.71. The lowest BCUT2D eigenvalue weighted by Gasteiger charge is -2.32. The van der Waals surface area contributed by atoms with Crippen molar-refractivity contribution >= 4 is 28.7 Å². The van der Waals surface area contributed by atoms with Crippen molar-refractivity contribution in [2.24, 2.45) is 11.8 Å². The van der Waals surface area contributed by atoms with E-state index < -0.39 is 4.92 Å². The standard InChI is InChI=1S/C25H32N4O3/c1-18-9-13-27(14-10-18)22-6-4-21(5-7-22)26-25(30)20-3-8-23(24(17-20)29(31)32)28-15-11-19(2)12-16-28/h3-8,17-19H,9-16H2,1-2H3,(H,26,30). The summed E-state index contributed by atoms with van der Waals surface area (Å²) in [4.78, 5) is 28.5. The molecule has 4 rings (SSSR count). The summed E-state index contributed by atoms with van der Waals surface area (Å²) in [5.74, 6) is 1.07. The molecule has 1 N–H and O–H groups in total. The first-order valence-corrected chi connectivity index (χ1v) is 11.6. The third-order valence-corrected chi connectivity index (χ3v) is 6.83. The maximum atomic E-state index is 12.8. The van der Waals surface area contributed by atoms with Crippen LogP contribution in [0.25, 0.3) is 0 Å². The molecule has 0 unspecified atom stereocenters. The molecule has 0 saturated carbocycles. The van der Waals surface area contributed by atoms with E-state index in [-0.39, 0.29) is 11.6 Å². The van der Waals surface area contributed by atoms with E-state index in [1.165, 1.54) is 18.9 Å². The lowest BCUT2D eigenvalue weighted by molar-refractivity contribution is -0.384. The Labute approximate surface area is 189 Å². The summed E-state index contributed by atoms with van der Waals surface area (Å²) in [6.45, 7) is 8.21. The highest BCUT2D eigenvalue weighted by Gasteiger charge is 2.25. The zero-order chi connectivity index (χ0) is 22.7. The van der Waals surface area contributed by atoms with Gasteiger partial charge in [0.1, 0.15) is 5.69 Å². The number of carbonyl (C=O) groups is 1. The number of nitro benzene ring substituents is 1. The van der Waals surface area contributed by atoms with Gasteiger partial charge in [-0.2, -0.15) is 0 Å². The Kier molecular flexibility index (Phi) is 6.63. The lowest BCUT2D eigenvalue weighted by Crippen LogP contribution is -2.33. The van der Waals surface area contributed by atoms with Crippen molar-refractivity contribution in [3.05, 3.63) is 58.1 Å². The van der Waals surface area contributed by atoms with Gasteiger partial charge in [-0.15, -0.1) is 0 Å². The molecule has 2 aromatic rings. The Bertz CT molecular complexity index is 960. The van der Waals surface area contributed by atoms with Crippen LogP contribution in [0.2, 0.25) is 0 Å². The maximum absolute atomic E-state index is 12.8. The number of piperidine rings is 2. The number of hydrogen-bond donors (Lipinski definition) is 1. The zero-order valence-corrected chi connectivity index (χ0v) is 18.9. The molecule has 2 aliphatic rings. The first-order valence-electron chi connectivity index (χ1n) is 11.6. The number of carbonyl (C=O) groups excluding carboxylic acids is 1. The van der Waals surface area contributed by atoms with Crippen LogP contribution in [0.4, 0.5) is 22.7 Å². The fourth-order valence-electron chi connectivity index (χ4n) is 4.55. The lowest BCUT2D eigenvalue weighted by atomic mass is 9.98. The normalized spacial score (nSPS) is 17.9. The Morgan fingerprint density at radius 2 is 1.47 bits per heavy atom. The van der Waals surface area contributed by atoms with Gasteiger partial charge in [0.25, 0.3) is 11.6 Å². The molecule has 2 aromatic carbocycles. The second-order valence-electron chi connectivity index (χ2n) is 9.30. The number of anilines is 3. The number of benzene rings is 2. The quantitative estimate of drug-likeness (QED) is 0.507. The fourth-order valence-corrected chi connectivity index (χ4v) is 4.55. The highest BCUT2D eigenvalue weighted by Crippen LogP contribution is 2.32. The van der Waals surface area contributed by atoms with Gasteiger partial charge in [-0.25, -0.2) is 0 Å². The summed E-state index contributed by atoms with van der Waals surface area (Å²) in [7, 11) is 0. The molecule has 0 aliphatic carbocycles. The molecule has 7 nitrogen and oxygen atoms in total. The Hall–Kier alpha value is -3.09. The van der Waals surface area contributed by atoms with Crippen LogP contribution in [0, 0.1) is 22.0 Å². The van der Waals surface area contributed by atoms with Gasteiger partial charge < -0.3 is 15.1 Å². The second kappa shape index (κ2) is 9.59. The summed E-state index contributed by atoms with van der Waals surface area (Å²) in [6.07, 6.45) is 4.44. The first kappa shape index (κ1) is 22.1. The van der Waals surface area contributed by atoms with Gasteiger partial charge in [-0.3, -0.25) is 14.9 Å². The van der Waals surface area contributed by atoms with Crippen LogP contribution in [0.5, 0.6) is 0 Å². The molecule has 170 valence electrons. The Balaban J connectivity index is 1.45. The minimum atomic E-state index is -0.390. The molecule has 0 spiro atoms. The molecule has 7 heteroatoms. The van der Waals surface area contributed by atoms with E-state index in [9.17, 15) is 14.9 Å². The van der Waals surface area contributed by atoms with Crippen LogP contribution < -0.4 is 15.1 Å². The molecule has 0 aromatic heterocycles. The summed E-state index contributed by atoms with van der Waals surface area (Å²) in [6, 6.07) is 12.6. The van der Waals surface area contributed by atoms with Gasteiger partial charge in [0.05, 0.1) is 4.92 Å². The van der Waals surface area contributed by atoms with E-state index in [1.54, 1.807) is 12.1 Å². The monoisotopic (exact) mass is 436 g/mol. The van der Waals surface area contributed by atoms with Crippen molar-refractivity contribution in [3.63, 3.8) is 0 Å². The summed E-state index contributed by atoms with van der Waals surface area (Å²) >= 11 is 0. The molecule has 0 bridgehead atoms. The van der Waals surface area contributed by atoms with Gasteiger partial charge in [0.15, 0.2) is 0 Å². The second-order valence-corrected chi connectivity index (χ2v) is 9.30. The van der Waals surface area contributed by atoms with E-state index in [0.717, 1.165) is 50.6 Å². The minimum Gasteiger partial charge on any atom is -0.372 e. The topological polar surface area (TPSA) is 78.7 Å². The van der Waals surface area contributed by atoms with Crippen LogP contribution in [0.15, 0.2) is 42.5 Å². The highest BCUT2D eigenvalue weighted by atomic mass is 16.6.